The van der Waals surface area contributed by atoms with E-state index in [1.807, 2.05) is 12.1 Å². The molecule has 2 nitrogen and oxygen atoms in total. The van der Waals surface area contributed by atoms with Gasteiger partial charge in [-0.15, -0.1) is 0 Å². The van der Waals surface area contributed by atoms with Crippen molar-refractivity contribution in [3.63, 3.8) is 0 Å². The summed E-state index contributed by atoms with van der Waals surface area (Å²) in [5.74, 6) is 0. The second-order valence-electron chi connectivity index (χ2n) is 2.18. The van der Waals surface area contributed by atoms with Gasteiger partial charge in [-0.2, -0.15) is 5.48 Å². The van der Waals surface area contributed by atoms with Gasteiger partial charge < -0.3 is 0 Å². The van der Waals surface area contributed by atoms with Crippen LogP contribution in [0, 0.1) is 6.92 Å². The lowest BCUT2D eigenvalue weighted by molar-refractivity contribution is 0.271. The van der Waals surface area contributed by atoms with Gasteiger partial charge in [0.1, 0.15) is 0 Å². The number of benzene rings is 1. The lowest BCUT2D eigenvalue weighted by atomic mass is 10.2. The summed E-state index contributed by atoms with van der Waals surface area (Å²) in [5.41, 5.74) is 3.86. The highest BCUT2D eigenvalue weighted by atomic mass is 32.2. The van der Waals surface area contributed by atoms with Crippen LogP contribution in [0.1, 0.15) is 5.56 Å². The van der Waals surface area contributed by atoms with Crippen LogP contribution in [0.3, 0.4) is 0 Å². The minimum absolute atomic E-state index is 1.10. The monoisotopic (exact) mass is 169 g/mol. The van der Waals surface area contributed by atoms with Gasteiger partial charge in [-0.3, -0.25) is 0 Å². The lowest BCUT2D eigenvalue weighted by Crippen LogP contribution is -1.99. The van der Waals surface area contributed by atoms with E-state index >= 15 is 0 Å². The summed E-state index contributed by atoms with van der Waals surface area (Å²) in [5, 5.41) is 0. The summed E-state index contributed by atoms with van der Waals surface area (Å²) in [4.78, 5) is 1.10. The molecule has 1 rings (SSSR count). The zero-order chi connectivity index (χ0) is 8.10. The third-order valence-electron chi connectivity index (χ3n) is 1.24. The Morgan fingerprint density at radius 1 is 1.27 bits per heavy atom. The van der Waals surface area contributed by atoms with Gasteiger partial charge in [0, 0.05) is 11.9 Å². The maximum Gasteiger partial charge on any atom is 0.0524 e. The number of nitrogens with one attached hydrogen (secondary N) is 1. The molecule has 0 fully saturated rings. The highest BCUT2D eigenvalue weighted by Crippen LogP contribution is 2.17. The Labute approximate surface area is 71.1 Å². The van der Waals surface area contributed by atoms with E-state index in [2.05, 4.69) is 24.5 Å². The largest absolute Gasteiger partial charge is 0.227 e. The van der Waals surface area contributed by atoms with E-state index < -0.39 is 0 Å². The van der Waals surface area contributed by atoms with Gasteiger partial charge in [-0.25, -0.2) is 4.28 Å². The second-order valence-corrected chi connectivity index (χ2v) is 2.99. The molecule has 1 aromatic rings. The Morgan fingerprint density at radius 3 is 2.45 bits per heavy atom. The number of aryl methyl sites for hydroxylation is 1. The zero-order valence-corrected chi connectivity index (χ0v) is 7.44. The molecular weight excluding hydrogens is 158 g/mol. The Bertz CT molecular complexity index is 210. The van der Waals surface area contributed by atoms with E-state index in [-0.39, 0.29) is 0 Å². The van der Waals surface area contributed by atoms with Crippen LogP contribution in [0.25, 0.3) is 0 Å². The molecule has 60 valence electrons. The van der Waals surface area contributed by atoms with Gasteiger partial charge in [0.25, 0.3) is 0 Å². The molecule has 0 aromatic heterocycles. The minimum Gasteiger partial charge on any atom is -0.227 e. The van der Waals surface area contributed by atoms with Crippen molar-refractivity contribution in [2.45, 2.75) is 11.8 Å². The SMILES string of the molecule is CNOSc1ccc(C)cc1. The topological polar surface area (TPSA) is 21.3 Å². The molecule has 0 radical (unpaired) electrons. The Hall–Kier alpha value is -0.510. The maximum atomic E-state index is 4.93. The van der Waals surface area contributed by atoms with Gasteiger partial charge in [-0.1, -0.05) is 17.7 Å². The number of rotatable bonds is 3. The molecule has 0 heterocycles. The molecular formula is C8H11NOS. The third-order valence-corrected chi connectivity index (χ3v) is 1.96. The first-order valence-electron chi connectivity index (χ1n) is 3.40. The van der Waals surface area contributed by atoms with Crippen molar-refractivity contribution in [3.05, 3.63) is 29.8 Å². The summed E-state index contributed by atoms with van der Waals surface area (Å²) < 4.78 is 4.93. The normalized spacial score (nSPS) is 10.0. The van der Waals surface area contributed by atoms with Gasteiger partial charge in [-0.05, 0) is 19.1 Å². The second kappa shape index (κ2) is 4.38. The van der Waals surface area contributed by atoms with E-state index in [4.69, 9.17) is 4.28 Å². The lowest BCUT2D eigenvalue weighted by Gasteiger charge is -1.99. The average molecular weight is 169 g/mol. The smallest absolute Gasteiger partial charge is 0.0524 e. The van der Waals surface area contributed by atoms with Gasteiger partial charge >= 0.3 is 0 Å². The summed E-state index contributed by atoms with van der Waals surface area (Å²) in [6, 6.07) is 8.16. The highest BCUT2D eigenvalue weighted by molar-refractivity contribution is 7.94. The van der Waals surface area contributed by atoms with Gasteiger partial charge in [0.05, 0.1) is 12.0 Å². The van der Waals surface area contributed by atoms with Crippen LogP contribution >= 0.6 is 12.0 Å². The van der Waals surface area contributed by atoms with Crippen molar-refractivity contribution in [1.29, 1.82) is 0 Å². The first kappa shape index (κ1) is 8.59. The third kappa shape index (κ3) is 2.93. The standard InChI is InChI=1S/C8H11NOS/c1-7-3-5-8(6-4-7)11-10-9-2/h3-6,9H,1-2H3. The number of hydrogen-bond donors (Lipinski definition) is 1. The molecule has 0 aliphatic rings. The fourth-order valence-corrected chi connectivity index (χ4v) is 1.11. The summed E-state index contributed by atoms with van der Waals surface area (Å²) in [6.07, 6.45) is 0. The quantitative estimate of drug-likeness (QED) is 0.553. The number of hydroxylamine groups is 1. The van der Waals surface area contributed by atoms with E-state index in [1.165, 1.54) is 17.6 Å². The molecule has 0 spiro atoms. The molecule has 1 aromatic carbocycles. The zero-order valence-electron chi connectivity index (χ0n) is 6.63. The summed E-state index contributed by atoms with van der Waals surface area (Å²) in [7, 11) is 1.74. The van der Waals surface area contributed by atoms with Crippen molar-refractivity contribution < 1.29 is 4.28 Å². The first-order chi connectivity index (χ1) is 5.33. The van der Waals surface area contributed by atoms with E-state index in [0.29, 0.717) is 0 Å². The first-order valence-corrected chi connectivity index (χ1v) is 4.14. The van der Waals surface area contributed by atoms with Crippen molar-refractivity contribution in [1.82, 2.24) is 5.48 Å². The summed E-state index contributed by atoms with van der Waals surface area (Å²) in [6.45, 7) is 2.06. The van der Waals surface area contributed by atoms with Crippen LogP contribution in [-0.4, -0.2) is 7.05 Å². The molecule has 0 amide bonds. The van der Waals surface area contributed by atoms with Gasteiger partial charge in [0.15, 0.2) is 0 Å². The molecule has 0 aliphatic heterocycles. The van der Waals surface area contributed by atoms with Crippen LogP contribution in [0.5, 0.6) is 0 Å². The van der Waals surface area contributed by atoms with E-state index in [1.54, 1.807) is 7.05 Å². The fourth-order valence-electron chi connectivity index (χ4n) is 0.684. The molecule has 0 saturated carbocycles. The van der Waals surface area contributed by atoms with Crippen LogP contribution < -0.4 is 5.48 Å². The maximum absolute atomic E-state index is 4.93. The Balaban J connectivity index is 2.52. The summed E-state index contributed by atoms with van der Waals surface area (Å²) >= 11 is 1.32. The van der Waals surface area contributed by atoms with Crippen molar-refractivity contribution >= 4 is 12.0 Å². The number of hydrogen-bond acceptors (Lipinski definition) is 3. The predicted octanol–water partition coefficient (Wildman–Crippen LogP) is 2.15. The van der Waals surface area contributed by atoms with Crippen LogP contribution in [0.15, 0.2) is 29.2 Å². The van der Waals surface area contributed by atoms with Crippen molar-refractivity contribution in [2.75, 3.05) is 7.05 Å². The molecule has 11 heavy (non-hydrogen) atoms. The van der Waals surface area contributed by atoms with E-state index in [9.17, 15) is 0 Å². The van der Waals surface area contributed by atoms with Crippen molar-refractivity contribution in [3.8, 4) is 0 Å². The molecule has 1 N–H and O–H groups in total. The Morgan fingerprint density at radius 2 is 1.91 bits per heavy atom. The molecule has 0 aliphatic carbocycles. The van der Waals surface area contributed by atoms with Crippen molar-refractivity contribution in [2.24, 2.45) is 0 Å². The van der Waals surface area contributed by atoms with Crippen LogP contribution in [0.2, 0.25) is 0 Å². The molecule has 3 heteroatoms. The van der Waals surface area contributed by atoms with Gasteiger partial charge in [0.2, 0.25) is 0 Å². The fraction of sp³-hybridized carbons (Fsp3) is 0.250. The Kier molecular flexibility index (Phi) is 3.42. The van der Waals surface area contributed by atoms with Crippen LogP contribution in [-0.2, 0) is 4.28 Å². The average Bonchev–Trinajstić information content (AvgIpc) is 2.04. The van der Waals surface area contributed by atoms with Crippen LogP contribution in [0.4, 0.5) is 0 Å². The molecule has 0 bridgehead atoms. The molecule has 0 unspecified atom stereocenters. The highest BCUT2D eigenvalue weighted by Gasteiger charge is 1.91. The molecule has 0 atom stereocenters. The van der Waals surface area contributed by atoms with E-state index in [0.717, 1.165) is 4.90 Å². The minimum atomic E-state index is 1.10. The molecule has 0 saturated heterocycles. The predicted molar refractivity (Wildman–Crippen MR) is 47.2 cm³/mol.